The highest BCUT2D eigenvalue weighted by molar-refractivity contribution is 5.81. The zero-order valence-electron chi connectivity index (χ0n) is 13.3. The van der Waals surface area contributed by atoms with E-state index >= 15 is 0 Å². The molecule has 2 saturated heterocycles. The third kappa shape index (κ3) is 3.64. The van der Waals surface area contributed by atoms with Crippen molar-refractivity contribution in [3.63, 3.8) is 0 Å². The van der Waals surface area contributed by atoms with Crippen molar-refractivity contribution >= 4 is 12.1 Å². The van der Waals surface area contributed by atoms with Crippen LogP contribution in [-0.2, 0) is 20.8 Å². The summed E-state index contributed by atoms with van der Waals surface area (Å²) in [7, 11) is 0. The lowest BCUT2D eigenvalue weighted by atomic mass is 9.91. The molecule has 1 unspecified atom stereocenters. The normalized spacial score (nSPS) is 21.5. The maximum absolute atomic E-state index is 12.3. The fraction of sp³-hybridized carbons (Fsp3) is 0.529. The van der Waals surface area contributed by atoms with E-state index < -0.39 is 11.8 Å². The molecule has 124 valence electrons. The zero-order chi connectivity index (χ0) is 16.3. The first-order valence-corrected chi connectivity index (χ1v) is 7.99. The average Bonchev–Trinajstić information content (AvgIpc) is 2.94. The molecule has 1 N–H and O–H groups in total. The molecule has 2 aliphatic rings. The SMILES string of the molecule is CC(C(=O)NCc1ccccc1)N1CCC2(CC1)COC(=O)O2. The van der Waals surface area contributed by atoms with Gasteiger partial charge >= 0.3 is 6.16 Å². The Morgan fingerprint density at radius 2 is 2.00 bits per heavy atom. The average molecular weight is 318 g/mol. The summed E-state index contributed by atoms with van der Waals surface area (Å²) in [6.45, 7) is 4.21. The number of hydrogen-bond donors (Lipinski definition) is 1. The Balaban J connectivity index is 1.48. The fourth-order valence-corrected chi connectivity index (χ4v) is 3.09. The lowest BCUT2D eigenvalue weighted by Gasteiger charge is -2.38. The molecule has 23 heavy (non-hydrogen) atoms. The van der Waals surface area contributed by atoms with Crippen molar-refractivity contribution in [1.82, 2.24) is 10.2 Å². The minimum atomic E-state index is -0.577. The van der Waals surface area contributed by atoms with Crippen LogP contribution in [0.15, 0.2) is 30.3 Å². The maximum atomic E-state index is 12.3. The highest BCUT2D eigenvalue weighted by Crippen LogP contribution is 2.32. The summed E-state index contributed by atoms with van der Waals surface area (Å²) in [5.41, 5.74) is 0.606. The number of likely N-dealkylation sites (tertiary alicyclic amines) is 1. The highest BCUT2D eigenvalue weighted by atomic mass is 16.8. The van der Waals surface area contributed by atoms with Crippen LogP contribution in [0.4, 0.5) is 4.79 Å². The van der Waals surface area contributed by atoms with Crippen LogP contribution in [0.3, 0.4) is 0 Å². The molecule has 2 heterocycles. The molecule has 1 atom stereocenters. The molecular weight excluding hydrogens is 296 g/mol. The van der Waals surface area contributed by atoms with Gasteiger partial charge in [0.15, 0.2) is 5.60 Å². The van der Waals surface area contributed by atoms with Crippen LogP contribution in [0.25, 0.3) is 0 Å². The first-order chi connectivity index (χ1) is 11.1. The number of carbonyl (C=O) groups is 2. The van der Waals surface area contributed by atoms with Gasteiger partial charge in [0.2, 0.25) is 5.91 Å². The number of nitrogens with one attached hydrogen (secondary N) is 1. The van der Waals surface area contributed by atoms with E-state index in [4.69, 9.17) is 9.47 Å². The van der Waals surface area contributed by atoms with E-state index in [2.05, 4.69) is 10.2 Å². The number of nitrogens with zero attached hydrogens (tertiary/aromatic N) is 1. The van der Waals surface area contributed by atoms with E-state index in [1.165, 1.54) is 0 Å². The predicted octanol–water partition coefficient (Wildman–Crippen LogP) is 1.69. The van der Waals surface area contributed by atoms with Crippen LogP contribution in [-0.4, -0.2) is 48.3 Å². The minimum Gasteiger partial charge on any atom is -0.430 e. The Labute approximate surface area is 135 Å². The quantitative estimate of drug-likeness (QED) is 0.856. The molecule has 2 fully saturated rings. The van der Waals surface area contributed by atoms with Gasteiger partial charge < -0.3 is 14.8 Å². The molecule has 6 heteroatoms. The van der Waals surface area contributed by atoms with Crippen LogP contribution in [0.2, 0.25) is 0 Å². The second-order valence-corrected chi connectivity index (χ2v) is 6.24. The van der Waals surface area contributed by atoms with Crippen molar-refractivity contribution in [1.29, 1.82) is 0 Å². The summed E-state index contributed by atoms with van der Waals surface area (Å²) in [5, 5.41) is 2.97. The second kappa shape index (κ2) is 6.58. The third-order valence-corrected chi connectivity index (χ3v) is 4.70. The van der Waals surface area contributed by atoms with Crippen molar-refractivity contribution in [2.45, 2.75) is 38.0 Å². The number of amides is 1. The molecule has 1 spiro atoms. The molecule has 1 amide bonds. The van der Waals surface area contributed by atoms with Crippen molar-refractivity contribution < 1.29 is 19.1 Å². The van der Waals surface area contributed by atoms with Gasteiger partial charge in [0.05, 0.1) is 6.04 Å². The molecule has 0 aromatic heterocycles. The predicted molar refractivity (Wildman–Crippen MR) is 83.7 cm³/mol. The van der Waals surface area contributed by atoms with E-state index in [9.17, 15) is 9.59 Å². The second-order valence-electron chi connectivity index (χ2n) is 6.24. The van der Waals surface area contributed by atoms with Gasteiger partial charge in [-0.3, -0.25) is 9.69 Å². The standard InChI is InChI=1S/C17H22N2O4/c1-13(15(20)18-11-14-5-3-2-4-6-14)19-9-7-17(8-10-19)12-22-16(21)23-17/h2-6,13H,7-12H2,1H3,(H,18,20). The van der Waals surface area contributed by atoms with Crippen molar-refractivity contribution in [2.75, 3.05) is 19.7 Å². The largest absolute Gasteiger partial charge is 0.509 e. The van der Waals surface area contributed by atoms with Crippen LogP contribution >= 0.6 is 0 Å². The molecule has 2 aliphatic heterocycles. The van der Waals surface area contributed by atoms with Crippen molar-refractivity contribution in [3.8, 4) is 0 Å². The topological polar surface area (TPSA) is 67.9 Å². The van der Waals surface area contributed by atoms with Crippen LogP contribution < -0.4 is 5.32 Å². The number of ether oxygens (including phenoxy) is 2. The van der Waals surface area contributed by atoms with Gasteiger partial charge in [-0.25, -0.2) is 4.79 Å². The van der Waals surface area contributed by atoms with Gasteiger partial charge in [0, 0.05) is 32.5 Å². The molecule has 6 nitrogen and oxygen atoms in total. The lowest BCUT2D eigenvalue weighted by molar-refractivity contribution is -0.127. The molecule has 1 aromatic carbocycles. The summed E-state index contributed by atoms with van der Waals surface area (Å²) < 4.78 is 10.2. The summed E-state index contributed by atoms with van der Waals surface area (Å²) >= 11 is 0. The van der Waals surface area contributed by atoms with Crippen LogP contribution in [0, 0.1) is 0 Å². The first kappa shape index (κ1) is 15.8. The third-order valence-electron chi connectivity index (χ3n) is 4.70. The van der Waals surface area contributed by atoms with Gasteiger partial charge in [-0.15, -0.1) is 0 Å². The Morgan fingerprint density at radius 1 is 1.30 bits per heavy atom. The molecule has 1 aromatic rings. The minimum absolute atomic E-state index is 0.0180. The summed E-state index contributed by atoms with van der Waals surface area (Å²) in [6, 6.07) is 9.65. The monoisotopic (exact) mass is 318 g/mol. The van der Waals surface area contributed by atoms with E-state index in [0.717, 1.165) is 18.7 Å². The molecule has 3 rings (SSSR count). The molecular formula is C17H22N2O4. The summed E-state index contributed by atoms with van der Waals surface area (Å²) in [4.78, 5) is 25.6. The van der Waals surface area contributed by atoms with Crippen molar-refractivity contribution in [2.24, 2.45) is 0 Å². The summed E-state index contributed by atoms with van der Waals surface area (Å²) in [5.74, 6) is 0.0180. The van der Waals surface area contributed by atoms with Gasteiger partial charge in [-0.05, 0) is 12.5 Å². The lowest BCUT2D eigenvalue weighted by Crippen LogP contribution is -2.52. The van der Waals surface area contributed by atoms with Gasteiger partial charge in [-0.2, -0.15) is 0 Å². The highest BCUT2D eigenvalue weighted by Gasteiger charge is 2.45. The summed E-state index contributed by atoms with van der Waals surface area (Å²) in [6.07, 6.45) is 0.830. The first-order valence-electron chi connectivity index (χ1n) is 7.99. The smallest absolute Gasteiger partial charge is 0.430 e. The number of carbonyl (C=O) groups excluding carboxylic acids is 2. The Hall–Kier alpha value is -2.08. The molecule has 0 saturated carbocycles. The fourth-order valence-electron chi connectivity index (χ4n) is 3.09. The number of rotatable bonds is 4. The maximum Gasteiger partial charge on any atom is 0.509 e. The van der Waals surface area contributed by atoms with E-state index in [1.54, 1.807) is 0 Å². The van der Waals surface area contributed by atoms with Crippen LogP contribution in [0.1, 0.15) is 25.3 Å². The Morgan fingerprint density at radius 3 is 2.61 bits per heavy atom. The number of piperidine rings is 1. The van der Waals surface area contributed by atoms with E-state index in [0.29, 0.717) is 26.0 Å². The van der Waals surface area contributed by atoms with E-state index in [1.807, 2.05) is 37.3 Å². The Bertz CT molecular complexity index is 567. The molecule has 0 aliphatic carbocycles. The molecule has 0 radical (unpaired) electrons. The number of cyclic esters (lactones) is 1. The molecule has 0 bridgehead atoms. The van der Waals surface area contributed by atoms with Gasteiger partial charge in [-0.1, -0.05) is 30.3 Å². The zero-order valence-corrected chi connectivity index (χ0v) is 13.3. The number of benzene rings is 1. The Kier molecular flexibility index (Phi) is 4.52. The van der Waals surface area contributed by atoms with E-state index in [-0.39, 0.29) is 11.9 Å². The van der Waals surface area contributed by atoms with Crippen LogP contribution in [0.5, 0.6) is 0 Å². The van der Waals surface area contributed by atoms with Gasteiger partial charge in [0.25, 0.3) is 0 Å². The van der Waals surface area contributed by atoms with Crippen molar-refractivity contribution in [3.05, 3.63) is 35.9 Å². The van der Waals surface area contributed by atoms with Gasteiger partial charge in [0.1, 0.15) is 6.61 Å². The number of hydrogen-bond acceptors (Lipinski definition) is 5.